The van der Waals surface area contributed by atoms with E-state index in [0.717, 1.165) is 55.0 Å². The zero-order valence-electron chi connectivity index (χ0n) is 19.3. The first-order chi connectivity index (χ1) is 16.0. The summed E-state index contributed by atoms with van der Waals surface area (Å²) >= 11 is 6.09. The highest BCUT2D eigenvalue weighted by Crippen LogP contribution is 2.26. The Hall–Kier alpha value is -2.94. The zero-order chi connectivity index (χ0) is 23.6. The van der Waals surface area contributed by atoms with Crippen molar-refractivity contribution in [3.8, 4) is 17.3 Å². The van der Waals surface area contributed by atoms with E-state index in [1.807, 2.05) is 49.0 Å². The number of carbonyl (C=O) groups excluding carboxylic acids is 1. The van der Waals surface area contributed by atoms with Gasteiger partial charge < -0.3 is 19.4 Å². The molecule has 3 heterocycles. The van der Waals surface area contributed by atoms with Crippen molar-refractivity contribution in [2.24, 2.45) is 7.05 Å². The van der Waals surface area contributed by atoms with Crippen molar-refractivity contribution in [2.75, 3.05) is 46.5 Å². The van der Waals surface area contributed by atoms with Crippen LogP contribution in [-0.4, -0.2) is 71.8 Å². The predicted molar refractivity (Wildman–Crippen MR) is 129 cm³/mol. The van der Waals surface area contributed by atoms with Crippen molar-refractivity contribution in [3.63, 3.8) is 0 Å². The molecule has 1 aliphatic rings. The third kappa shape index (κ3) is 7.02. The summed E-state index contributed by atoms with van der Waals surface area (Å²) in [6.45, 7) is 6.96. The Bertz CT molecular complexity index is 1030. The van der Waals surface area contributed by atoms with Crippen LogP contribution in [0.3, 0.4) is 0 Å². The van der Waals surface area contributed by atoms with E-state index in [9.17, 15) is 4.79 Å². The fraction of sp³-hybridized carbons (Fsp3) is 0.375. The van der Waals surface area contributed by atoms with E-state index in [-0.39, 0.29) is 5.91 Å². The molecule has 0 spiro atoms. The second kappa shape index (κ2) is 12.3. The lowest BCUT2D eigenvalue weighted by Gasteiger charge is -2.26. The number of imidazole rings is 1. The summed E-state index contributed by atoms with van der Waals surface area (Å²) in [5.74, 6) is 1.31. The molecule has 1 amide bonds. The van der Waals surface area contributed by atoms with Gasteiger partial charge in [-0.2, -0.15) is 0 Å². The molecular weight excluding hydrogens is 442 g/mol. The predicted octanol–water partition coefficient (Wildman–Crippen LogP) is 3.20. The molecule has 1 saturated heterocycles. The molecule has 1 aliphatic heterocycles. The van der Waals surface area contributed by atoms with Crippen LogP contribution < -0.4 is 10.1 Å². The number of aromatic nitrogens is 3. The summed E-state index contributed by atoms with van der Waals surface area (Å²) in [6, 6.07) is 11.2. The van der Waals surface area contributed by atoms with Gasteiger partial charge in [0, 0.05) is 63.4 Å². The van der Waals surface area contributed by atoms with Gasteiger partial charge in [-0.1, -0.05) is 23.7 Å². The molecule has 1 aromatic carbocycles. The molecule has 176 valence electrons. The lowest BCUT2D eigenvalue weighted by atomic mass is 10.2. The minimum atomic E-state index is -0.146. The Kier molecular flexibility index (Phi) is 9.24. The highest BCUT2D eigenvalue weighted by atomic mass is 35.5. The highest BCUT2D eigenvalue weighted by Gasteiger charge is 2.10. The number of hydrogen-bond donors (Lipinski definition) is 1. The smallest absolute Gasteiger partial charge is 0.252 e. The number of ether oxygens (including phenoxy) is 2. The summed E-state index contributed by atoms with van der Waals surface area (Å²) in [5, 5.41) is 3.29. The van der Waals surface area contributed by atoms with E-state index in [1.165, 1.54) is 6.20 Å². The van der Waals surface area contributed by atoms with Gasteiger partial charge >= 0.3 is 0 Å². The first-order valence-electron chi connectivity index (χ1n) is 10.8. The number of halogens is 1. The first kappa shape index (κ1) is 24.7. The molecule has 33 heavy (non-hydrogen) atoms. The quantitative estimate of drug-likeness (QED) is 0.594. The number of amides is 1. The summed E-state index contributed by atoms with van der Waals surface area (Å²) in [7, 11) is 3.58. The second-order valence-electron chi connectivity index (χ2n) is 7.53. The largest absolute Gasteiger partial charge is 0.476 e. The molecule has 0 atom stereocenters. The van der Waals surface area contributed by atoms with Crippen LogP contribution in [0.2, 0.25) is 5.02 Å². The van der Waals surface area contributed by atoms with Crippen LogP contribution >= 0.6 is 11.6 Å². The number of nitrogens with zero attached hydrogens (tertiary/aromatic N) is 4. The van der Waals surface area contributed by atoms with Crippen molar-refractivity contribution in [3.05, 3.63) is 65.1 Å². The normalized spacial score (nSPS) is 13.7. The maximum Gasteiger partial charge on any atom is 0.252 e. The van der Waals surface area contributed by atoms with Crippen molar-refractivity contribution < 1.29 is 14.3 Å². The van der Waals surface area contributed by atoms with Gasteiger partial charge in [0.1, 0.15) is 12.4 Å². The lowest BCUT2D eigenvalue weighted by molar-refractivity contribution is 0.0320. The van der Waals surface area contributed by atoms with Crippen LogP contribution in [0.25, 0.3) is 11.4 Å². The van der Waals surface area contributed by atoms with E-state index in [2.05, 4.69) is 20.2 Å². The minimum absolute atomic E-state index is 0.146. The minimum Gasteiger partial charge on any atom is -0.476 e. The van der Waals surface area contributed by atoms with E-state index in [1.54, 1.807) is 19.2 Å². The maximum absolute atomic E-state index is 11.3. The molecule has 0 radical (unpaired) electrons. The summed E-state index contributed by atoms with van der Waals surface area (Å²) in [6.07, 6.45) is 3.36. The molecule has 0 bridgehead atoms. The zero-order valence-corrected chi connectivity index (χ0v) is 20.0. The molecule has 9 heteroatoms. The second-order valence-corrected chi connectivity index (χ2v) is 7.94. The monoisotopic (exact) mass is 471 g/mol. The van der Waals surface area contributed by atoms with Gasteiger partial charge in [-0.25, -0.2) is 9.97 Å². The highest BCUT2D eigenvalue weighted by molar-refractivity contribution is 6.33. The topological polar surface area (TPSA) is 81.5 Å². The van der Waals surface area contributed by atoms with Crippen molar-refractivity contribution in [1.29, 1.82) is 0 Å². The fourth-order valence-corrected chi connectivity index (χ4v) is 3.46. The molecule has 8 nitrogen and oxygen atoms in total. The molecule has 1 N–H and O–H groups in total. The van der Waals surface area contributed by atoms with Gasteiger partial charge in [-0.3, -0.25) is 9.69 Å². The van der Waals surface area contributed by atoms with E-state index >= 15 is 0 Å². The third-order valence-corrected chi connectivity index (χ3v) is 5.65. The van der Waals surface area contributed by atoms with Crippen LogP contribution in [0.4, 0.5) is 0 Å². The summed E-state index contributed by atoms with van der Waals surface area (Å²) in [5.41, 5.74) is 2.63. The average molecular weight is 472 g/mol. The van der Waals surface area contributed by atoms with Crippen LogP contribution in [0, 0.1) is 6.92 Å². The SMILES string of the molecule is CNC(=O)c1ccc(OCCN2CCOCC2)nc1.Cc1cnc(-c2ccccc2Cl)n1C. The van der Waals surface area contributed by atoms with Gasteiger partial charge in [0.25, 0.3) is 5.91 Å². The Balaban J connectivity index is 0.000000194. The van der Waals surface area contributed by atoms with Crippen LogP contribution in [0.1, 0.15) is 16.1 Å². The van der Waals surface area contributed by atoms with Crippen LogP contribution in [0.5, 0.6) is 5.88 Å². The van der Waals surface area contributed by atoms with Gasteiger partial charge in [-0.05, 0) is 25.1 Å². The van der Waals surface area contributed by atoms with Crippen molar-refractivity contribution in [2.45, 2.75) is 6.92 Å². The average Bonchev–Trinajstić information content (AvgIpc) is 3.18. The Morgan fingerprint density at radius 3 is 2.52 bits per heavy atom. The van der Waals surface area contributed by atoms with Gasteiger partial charge in [0.15, 0.2) is 0 Å². The van der Waals surface area contributed by atoms with Crippen LogP contribution in [-0.2, 0) is 11.8 Å². The summed E-state index contributed by atoms with van der Waals surface area (Å²) in [4.78, 5) is 22.1. The number of rotatable bonds is 6. The standard InChI is InChI=1S/C13H19N3O3.C11H11ClN2/c1-14-13(17)11-2-3-12(15-10-11)19-9-6-16-4-7-18-8-5-16;1-8-7-13-11(14(8)2)9-5-3-4-6-10(9)12/h2-3,10H,4-9H2,1H3,(H,14,17);3-7H,1-2H3. The van der Waals surface area contributed by atoms with Crippen LogP contribution in [0.15, 0.2) is 48.8 Å². The lowest BCUT2D eigenvalue weighted by Crippen LogP contribution is -2.38. The fourth-order valence-electron chi connectivity index (χ4n) is 3.24. The molecule has 2 aromatic heterocycles. The number of pyridine rings is 1. The third-order valence-electron chi connectivity index (χ3n) is 5.32. The number of nitrogens with one attached hydrogen (secondary N) is 1. The molecule has 3 aromatic rings. The Morgan fingerprint density at radius 2 is 1.91 bits per heavy atom. The van der Waals surface area contributed by atoms with Gasteiger partial charge in [0.2, 0.25) is 5.88 Å². The summed E-state index contributed by atoms with van der Waals surface area (Å²) < 4.78 is 12.9. The number of hydrogen-bond acceptors (Lipinski definition) is 6. The number of benzene rings is 1. The Morgan fingerprint density at radius 1 is 1.15 bits per heavy atom. The molecule has 0 aliphatic carbocycles. The van der Waals surface area contributed by atoms with Gasteiger partial charge in [-0.15, -0.1) is 0 Å². The number of carbonyl (C=O) groups is 1. The molecular formula is C24H30ClN5O3. The first-order valence-corrected chi connectivity index (χ1v) is 11.2. The number of aryl methyl sites for hydroxylation is 1. The van der Waals surface area contributed by atoms with Crippen molar-refractivity contribution >= 4 is 17.5 Å². The molecule has 0 saturated carbocycles. The van der Waals surface area contributed by atoms with E-state index in [0.29, 0.717) is 18.1 Å². The maximum atomic E-state index is 11.3. The van der Waals surface area contributed by atoms with E-state index in [4.69, 9.17) is 21.1 Å². The van der Waals surface area contributed by atoms with Crippen molar-refractivity contribution in [1.82, 2.24) is 24.8 Å². The molecule has 0 unspecified atom stereocenters. The molecule has 4 rings (SSSR count). The van der Waals surface area contributed by atoms with Gasteiger partial charge in [0.05, 0.1) is 23.8 Å². The number of morpholine rings is 1. The Labute approximate surface area is 199 Å². The van der Waals surface area contributed by atoms with E-state index < -0.39 is 0 Å². The molecule has 1 fully saturated rings.